The molecule has 2 saturated heterocycles. The van der Waals surface area contributed by atoms with Crippen molar-refractivity contribution in [2.75, 3.05) is 32.8 Å². The maximum atomic E-state index is 13.3. The first-order valence-corrected chi connectivity index (χ1v) is 18.0. The Morgan fingerprint density at radius 3 is 2.46 bits per heavy atom. The summed E-state index contributed by atoms with van der Waals surface area (Å²) in [6.45, 7) is 6.84. The van der Waals surface area contributed by atoms with E-state index < -0.39 is 10.0 Å². The summed E-state index contributed by atoms with van der Waals surface area (Å²) >= 11 is 9.14. The lowest BCUT2D eigenvalue weighted by molar-refractivity contribution is 0.00189. The number of benzene rings is 2. The molecule has 1 aliphatic carbocycles. The number of fused-ring (bicyclic) bond motifs is 2. The van der Waals surface area contributed by atoms with Crippen LogP contribution in [0.5, 0.6) is 0 Å². The molecule has 3 unspecified atom stereocenters. The standard InChI is InChI=1S/C30H34Br2N4O3S2/c1-20-9-11-24(12-10-20)41(37,38)34-33-30(27-26(28(31)40-29(27)32)21-7-3-2-4-8-21)36-19-22-17-23(36)18-25(22)39-16-15-35-13-5-6-14-35/h2-4,7-12,22-23,25,34H,5-6,13-19H2,1H3. The number of hydrazone groups is 1. The molecule has 6 rings (SSSR count). The highest BCUT2D eigenvalue weighted by Crippen LogP contribution is 2.47. The summed E-state index contributed by atoms with van der Waals surface area (Å²) in [5.41, 5.74) is 3.92. The molecule has 3 aliphatic rings. The van der Waals surface area contributed by atoms with E-state index in [2.05, 4.69) is 63.7 Å². The fourth-order valence-electron chi connectivity index (χ4n) is 6.29. The number of likely N-dealkylation sites (tertiary alicyclic amines) is 2. The number of piperidine rings is 1. The lowest BCUT2D eigenvalue weighted by atomic mass is 10.0. The molecular weight excluding hydrogens is 688 g/mol. The number of aryl methyl sites for hydroxylation is 1. The van der Waals surface area contributed by atoms with Gasteiger partial charge in [0.1, 0.15) is 0 Å². The van der Waals surface area contributed by atoms with Crippen molar-refractivity contribution in [1.82, 2.24) is 14.6 Å². The van der Waals surface area contributed by atoms with Crippen molar-refractivity contribution < 1.29 is 13.2 Å². The first-order chi connectivity index (χ1) is 19.8. The van der Waals surface area contributed by atoms with Crippen LogP contribution in [0, 0.1) is 12.8 Å². The van der Waals surface area contributed by atoms with Crippen LogP contribution in [0.2, 0.25) is 0 Å². The first-order valence-electron chi connectivity index (χ1n) is 14.1. The second kappa shape index (κ2) is 12.5. The van der Waals surface area contributed by atoms with Gasteiger partial charge < -0.3 is 14.5 Å². The Morgan fingerprint density at radius 2 is 1.78 bits per heavy atom. The SMILES string of the molecule is Cc1ccc(S(=O)(=O)NN=C(c2c(Br)sc(Br)c2-c2ccccc2)N2CC3CC2CC3OCCN2CCCC2)cc1. The number of amidine groups is 1. The molecule has 1 N–H and O–H groups in total. The highest BCUT2D eigenvalue weighted by Gasteiger charge is 2.47. The van der Waals surface area contributed by atoms with Crippen molar-refractivity contribution in [2.45, 2.75) is 49.6 Å². The Hall–Kier alpha value is -1.76. The highest BCUT2D eigenvalue weighted by molar-refractivity contribution is 9.12. The van der Waals surface area contributed by atoms with Gasteiger partial charge in [0, 0.05) is 30.6 Å². The lowest BCUT2D eigenvalue weighted by Crippen LogP contribution is -2.44. The fourth-order valence-corrected chi connectivity index (χ4v) is 10.3. The minimum Gasteiger partial charge on any atom is -0.376 e. The number of sulfonamides is 1. The maximum absolute atomic E-state index is 13.3. The van der Waals surface area contributed by atoms with Crippen molar-refractivity contribution in [2.24, 2.45) is 11.0 Å². The topological polar surface area (TPSA) is 74.2 Å². The summed E-state index contributed by atoms with van der Waals surface area (Å²) in [5.74, 6) is 1.02. The number of ether oxygens (including phenoxy) is 1. The number of nitrogens with zero attached hydrogens (tertiary/aromatic N) is 3. The molecule has 3 heterocycles. The van der Waals surface area contributed by atoms with Gasteiger partial charge in [-0.15, -0.1) is 16.4 Å². The van der Waals surface area contributed by atoms with Crippen molar-refractivity contribution in [3.8, 4) is 11.1 Å². The first kappa shape index (κ1) is 29.3. The van der Waals surface area contributed by atoms with Crippen molar-refractivity contribution >= 4 is 59.1 Å². The molecule has 11 heteroatoms. The second-order valence-corrected chi connectivity index (χ2v) is 16.4. The molecule has 1 saturated carbocycles. The van der Waals surface area contributed by atoms with Crippen molar-refractivity contribution in [3.63, 3.8) is 0 Å². The van der Waals surface area contributed by atoms with Gasteiger partial charge in [-0.3, -0.25) is 0 Å². The van der Waals surface area contributed by atoms with Crippen LogP contribution < -0.4 is 4.83 Å². The minimum absolute atomic E-state index is 0.189. The molecule has 0 radical (unpaired) electrons. The molecule has 0 amide bonds. The van der Waals surface area contributed by atoms with Gasteiger partial charge in [0.05, 0.1) is 30.7 Å². The van der Waals surface area contributed by atoms with Crippen LogP contribution >= 0.6 is 43.2 Å². The quantitative estimate of drug-likeness (QED) is 0.156. The molecular formula is C30H34Br2N4O3S2. The average Bonchev–Trinajstić information content (AvgIpc) is 3.75. The van der Waals surface area contributed by atoms with E-state index in [1.165, 1.54) is 25.9 Å². The van der Waals surface area contributed by atoms with Gasteiger partial charge in [0.25, 0.3) is 10.0 Å². The third-order valence-electron chi connectivity index (χ3n) is 8.40. The number of halogens is 2. The summed E-state index contributed by atoms with van der Waals surface area (Å²) in [6.07, 6.45) is 4.74. The molecule has 0 spiro atoms. The zero-order chi connectivity index (χ0) is 28.6. The molecule has 218 valence electrons. The summed E-state index contributed by atoms with van der Waals surface area (Å²) in [6, 6.07) is 17.2. The summed E-state index contributed by atoms with van der Waals surface area (Å²) < 4.78 is 34.9. The van der Waals surface area contributed by atoms with Gasteiger partial charge in [0.15, 0.2) is 5.84 Å². The van der Waals surface area contributed by atoms with Gasteiger partial charge in [-0.05, 0) is 95.3 Å². The van der Waals surface area contributed by atoms with Gasteiger partial charge in [-0.25, -0.2) is 0 Å². The summed E-state index contributed by atoms with van der Waals surface area (Å²) in [7, 11) is -3.85. The molecule has 3 atom stereocenters. The summed E-state index contributed by atoms with van der Waals surface area (Å²) in [5, 5.41) is 4.68. The molecule has 2 aromatic carbocycles. The van der Waals surface area contributed by atoms with Crippen LogP contribution in [0.25, 0.3) is 11.1 Å². The van der Waals surface area contributed by atoms with Crippen LogP contribution in [0.3, 0.4) is 0 Å². The van der Waals surface area contributed by atoms with Crippen LogP contribution in [0.15, 0.2) is 72.2 Å². The van der Waals surface area contributed by atoms with Crippen LogP contribution in [-0.2, 0) is 14.8 Å². The summed E-state index contributed by atoms with van der Waals surface area (Å²) in [4.78, 5) is 7.53. The van der Waals surface area contributed by atoms with E-state index in [1.807, 2.05) is 25.1 Å². The minimum atomic E-state index is -3.85. The number of thiophene rings is 1. The predicted octanol–water partition coefficient (Wildman–Crippen LogP) is 6.46. The van der Waals surface area contributed by atoms with E-state index in [0.29, 0.717) is 11.8 Å². The Balaban J connectivity index is 1.29. The Labute approximate surface area is 263 Å². The normalized spacial score (nSPS) is 23.0. The van der Waals surface area contributed by atoms with Gasteiger partial charge >= 0.3 is 0 Å². The van der Waals surface area contributed by atoms with Crippen LogP contribution in [0.4, 0.5) is 0 Å². The zero-order valence-electron chi connectivity index (χ0n) is 22.9. The number of hydrogen-bond acceptors (Lipinski definition) is 6. The van der Waals surface area contributed by atoms with Gasteiger partial charge in [0.2, 0.25) is 0 Å². The molecule has 2 aliphatic heterocycles. The largest absolute Gasteiger partial charge is 0.376 e. The van der Waals surface area contributed by atoms with Crippen molar-refractivity contribution in [3.05, 3.63) is 73.3 Å². The van der Waals surface area contributed by atoms with E-state index in [4.69, 9.17) is 4.74 Å². The Bertz CT molecular complexity index is 1510. The van der Waals surface area contributed by atoms with E-state index in [0.717, 1.165) is 62.4 Å². The third-order valence-corrected chi connectivity index (χ3v) is 12.2. The second-order valence-electron chi connectivity index (χ2n) is 11.1. The number of rotatable bonds is 9. The predicted molar refractivity (Wildman–Crippen MR) is 172 cm³/mol. The molecule has 1 aromatic heterocycles. The monoisotopic (exact) mass is 720 g/mol. The Kier molecular flexibility index (Phi) is 8.91. The third kappa shape index (κ3) is 6.31. The lowest BCUT2D eigenvalue weighted by Gasteiger charge is -2.34. The molecule has 3 aromatic rings. The fraction of sp³-hybridized carbons (Fsp3) is 0.433. The molecule has 41 heavy (non-hydrogen) atoms. The number of hydrogen-bond donors (Lipinski definition) is 1. The van der Waals surface area contributed by atoms with Crippen LogP contribution in [0.1, 0.15) is 36.8 Å². The van der Waals surface area contributed by atoms with Crippen molar-refractivity contribution in [1.29, 1.82) is 0 Å². The van der Waals surface area contributed by atoms with Crippen LogP contribution in [-0.4, -0.2) is 69.0 Å². The van der Waals surface area contributed by atoms with E-state index >= 15 is 0 Å². The Morgan fingerprint density at radius 1 is 1.05 bits per heavy atom. The van der Waals surface area contributed by atoms with E-state index in [1.54, 1.807) is 35.6 Å². The number of nitrogens with one attached hydrogen (secondary N) is 1. The maximum Gasteiger partial charge on any atom is 0.276 e. The zero-order valence-corrected chi connectivity index (χ0v) is 27.7. The molecule has 3 fully saturated rings. The van der Waals surface area contributed by atoms with E-state index in [9.17, 15) is 8.42 Å². The highest BCUT2D eigenvalue weighted by atomic mass is 79.9. The smallest absolute Gasteiger partial charge is 0.276 e. The molecule has 7 nitrogen and oxygen atoms in total. The van der Waals surface area contributed by atoms with Gasteiger partial charge in [-0.1, -0.05) is 48.0 Å². The van der Waals surface area contributed by atoms with E-state index in [-0.39, 0.29) is 17.0 Å². The average molecular weight is 723 g/mol. The van der Waals surface area contributed by atoms with Gasteiger partial charge in [-0.2, -0.15) is 13.2 Å². The molecule has 2 bridgehead atoms.